The summed E-state index contributed by atoms with van der Waals surface area (Å²) >= 11 is 0. The molecule has 0 radical (unpaired) electrons. The number of aromatic amines is 1. The second-order valence-electron chi connectivity index (χ2n) is 7.40. The molecule has 1 amide bonds. The summed E-state index contributed by atoms with van der Waals surface area (Å²) in [6.07, 6.45) is 8.56. The number of carbonyl (C=O) groups excluding carboxylic acids is 1. The molecule has 2 aromatic heterocycles. The van der Waals surface area contributed by atoms with E-state index in [9.17, 15) is 9.18 Å². The van der Waals surface area contributed by atoms with Crippen molar-refractivity contribution in [3.05, 3.63) is 82.8 Å². The Morgan fingerprint density at radius 2 is 2.26 bits per heavy atom. The Balaban J connectivity index is 1.61. The number of oxazole rings is 1. The zero-order chi connectivity index (χ0) is 21.5. The Morgan fingerprint density at radius 3 is 3.00 bits per heavy atom. The van der Waals surface area contributed by atoms with Crippen LogP contribution in [0.5, 0.6) is 0 Å². The second kappa shape index (κ2) is 7.35. The molecule has 0 unspecified atom stereocenters. The number of halogens is 1. The van der Waals surface area contributed by atoms with Gasteiger partial charge in [0.25, 0.3) is 5.91 Å². The quantitative estimate of drug-likeness (QED) is 0.447. The Bertz CT molecular complexity index is 1300. The van der Waals surface area contributed by atoms with Gasteiger partial charge in [-0.05, 0) is 30.7 Å². The van der Waals surface area contributed by atoms with E-state index in [0.717, 1.165) is 17.5 Å². The van der Waals surface area contributed by atoms with E-state index < -0.39 is 11.9 Å². The van der Waals surface area contributed by atoms with Gasteiger partial charge in [-0.3, -0.25) is 4.79 Å². The third-order valence-corrected chi connectivity index (χ3v) is 5.44. The zero-order valence-corrected chi connectivity index (χ0v) is 16.6. The largest absolute Gasteiger partial charge is 0.435 e. The van der Waals surface area contributed by atoms with Crippen molar-refractivity contribution in [3.8, 4) is 0 Å². The molecule has 2 aliphatic heterocycles. The highest BCUT2D eigenvalue weighted by Gasteiger charge is 2.38. The molecule has 2 aliphatic rings. The number of fused-ring (bicyclic) bond motifs is 2. The molecule has 156 valence electrons. The minimum atomic E-state index is -0.741. The van der Waals surface area contributed by atoms with Crippen molar-refractivity contribution in [1.82, 2.24) is 25.2 Å². The Labute approximate surface area is 176 Å². The summed E-state index contributed by atoms with van der Waals surface area (Å²) in [5, 5.41) is 10.9. The predicted octanol–water partition coefficient (Wildman–Crippen LogP) is 3.13. The first-order valence-electron chi connectivity index (χ1n) is 9.81. The molecule has 3 N–H and O–H groups in total. The fourth-order valence-electron chi connectivity index (χ4n) is 3.87. The SMILES string of the molecule is CC1=CN/C(=C(\C=N)C(=O)N2CCc3[nH]cnc3[C@H]2c2nc3cccc(F)c3o2)C=C1. The van der Waals surface area contributed by atoms with Crippen LogP contribution >= 0.6 is 0 Å². The molecule has 0 saturated carbocycles. The Kier molecular flexibility index (Phi) is 4.50. The third-order valence-electron chi connectivity index (χ3n) is 5.44. The summed E-state index contributed by atoms with van der Waals surface area (Å²) in [5.41, 5.74) is 3.61. The van der Waals surface area contributed by atoms with Gasteiger partial charge in [0, 0.05) is 31.1 Å². The number of nitrogens with zero attached hydrogens (tertiary/aromatic N) is 3. The zero-order valence-electron chi connectivity index (χ0n) is 16.6. The summed E-state index contributed by atoms with van der Waals surface area (Å²) in [5.74, 6) is -0.705. The van der Waals surface area contributed by atoms with E-state index in [1.807, 2.05) is 13.0 Å². The lowest BCUT2D eigenvalue weighted by molar-refractivity contribution is -0.129. The van der Waals surface area contributed by atoms with Crippen molar-refractivity contribution in [2.24, 2.45) is 0 Å². The van der Waals surface area contributed by atoms with Crippen molar-refractivity contribution in [3.63, 3.8) is 0 Å². The van der Waals surface area contributed by atoms with Crippen molar-refractivity contribution >= 4 is 23.2 Å². The molecular weight excluding hydrogens is 399 g/mol. The van der Waals surface area contributed by atoms with Gasteiger partial charge in [0.1, 0.15) is 5.52 Å². The molecule has 0 aliphatic carbocycles. The maximum Gasteiger partial charge on any atom is 0.258 e. The van der Waals surface area contributed by atoms with E-state index in [-0.39, 0.29) is 23.0 Å². The number of nitrogens with one attached hydrogen (secondary N) is 3. The van der Waals surface area contributed by atoms with Crippen LogP contribution < -0.4 is 5.32 Å². The summed E-state index contributed by atoms with van der Waals surface area (Å²) in [6.45, 7) is 2.29. The minimum Gasteiger partial charge on any atom is -0.435 e. The van der Waals surface area contributed by atoms with E-state index >= 15 is 0 Å². The minimum absolute atomic E-state index is 0.0377. The molecule has 0 saturated heterocycles. The van der Waals surface area contributed by atoms with Gasteiger partial charge in [-0.15, -0.1) is 0 Å². The number of carbonyl (C=O) groups is 1. The van der Waals surface area contributed by atoms with E-state index in [1.54, 1.807) is 35.6 Å². The highest BCUT2D eigenvalue weighted by Crippen LogP contribution is 2.36. The lowest BCUT2D eigenvalue weighted by Crippen LogP contribution is -2.42. The van der Waals surface area contributed by atoms with Crippen LogP contribution in [0.4, 0.5) is 4.39 Å². The highest BCUT2D eigenvalue weighted by molar-refractivity contribution is 6.12. The van der Waals surface area contributed by atoms with Crippen LogP contribution in [-0.4, -0.2) is 38.5 Å². The van der Waals surface area contributed by atoms with Crippen LogP contribution in [0.25, 0.3) is 11.1 Å². The van der Waals surface area contributed by atoms with Gasteiger partial charge < -0.3 is 25.0 Å². The number of dihydropyridines is 1. The first kappa shape index (κ1) is 19.0. The van der Waals surface area contributed by atoms with E-state index in [2.05, 4.69) is 20.3 Å². The van der Waals surface area contributed by atoms with Gasteiger partial charge in [0.15, 0.2) is 17.4 Å². The van der Waals surface area contributed by atoms with Crippen molar-refractivity contribution < 1.29 is 13.6 Å². The van der Waals surface area contributed by atoms with Crippen LogP contribution in [0.1, 0.15) is 30.2 Å². The molecular formula is C22H19FN6O2. The molecule has 31 heavy (non-hydrogen) atoms. The average Bonchev–Trinajstić information content (AvgIpc) is 3.42. The molecule has 5 rings (SSSR count). The number of hydrogen-bond donors (Lipinski definition) is 3. The highest BCUT2D eigenvalue weighted by atomic mass is 19.1. The van der Waals surface area contributed by atoms with Crippen molar-refractivity contribution in [2.45, 2.75) is 19.4 Å². The number of hydrogen-bond acceptors (Lipinski definition) is 6. The third kappa shape index (κ3) is 3.14. The standard InChI is InChI=1S/C22H19FN6O2/c1-12-5-6-15(25-10-12)13(9-24)22(30)29-8-7-16-18(27-11-26-16)19(29)21-28-17-4-2-3-14(23)20(17)31-21/h2-6,9-11,19,24-25H,7-8H2,1H3,(H,26,27)/b15-13+,24-9?/t19-/m0/s1. The van der Waals surface area contributed by atoms with Gasteiger partial charge in [-0.1, -0.05) is 12.1 Å². The average molecular weight is 418 g/mol. The van der Waals surface area contributed by atoms with Crippen LogP contribution in [0.15, 0.2) is 64.1 Å². The first-order chi connectivity index (χ1) is 15.1. The van der Waals surface area contributed by atoms with Crippen LogP contribution in [0, 0.1) is 11.2 Å². The number of H-pyrrole nitrogens is 1. The maximum atomic E-state index is 14.2. The number of para-hydroxylation sites is 1. The number of amides is 1. The lowest BCUT2D eigenvalue weighted by Gasteiger charge is -2.33. The van der Waals surface area contributed by atoms with E-state index in [1.165, 1.54) is 6.07 Å². The molecule has 1 aromatic carbocycles. The Hall–Kier alpha value is -4.01. The molecule has 4 heterocycles. The van der Waals surface area contributed by atoms with Gasteiger partial charge in [0.05, 0.1) is 23.3 Å². The lowest BCUT2D eigenvalue weighted by atomic mass is 10.0. The van der Waals surface area contributed by atoms with E-state index in [4.69, 9.17) is 9.83 Å². The fraction of sp³-hybridized carbons (Fsp3) is 0.182. The van der Waals surface area contributed by atoms with E-state index in [0.29, 0.717) is 29.9 Å². The molecule has 9 heteroatoms. The summed E-state index contributed by atoms with van der Waals surface area (Å²) in [6, 6.07) is 3.77. The van der Waals surface area contributed by atoms with Crippen molar-refractivity contribution in [2.75, 3.05) is 6.54 Å². The number of aromatic nitrogens is 3. The fourth-order valence-corrected chi connectivity index (χ4v) is 3.87. The van der Waals surface area contributed by atoms with Crippen molar-refractivity contribution in [1.29, 1.82) is 5.41 Å². The predicted molar refractivity (Wildman–Crippen MR) is 112 cm³/mol. The van der Waals surface area contributed by atoms with Gasteiger partial charge in [0.2, 0.25) is 5.89 Å². The first-order valence-corrected chi connectivity index (χ1v) is 9.81. The number of allylic oxidation sites excluding steroid dienone is 3. The normalized spacial score (nSPS) is 19.6. The monoisotopic (exact) mass is 418 g/mol. The van der Waals surface area contributed by atoms with Gasteiger partial charge >= 0.3 is 0 Å². The van der Waals surface area contributed by atoms with Crippen LogP contribution in [-0.2, 0) is 11.2 Å². The van der Waals surface area contributed by atoms with Crippen LogP contribution in [0.3, 0.4) is 0 Å². The topological polar surface area (TPSA) is 111 Å². The van der Waals surface area contributed by atoms with Crippen LogP contribution in [0.2, 0.25) is 0 Å². The second-order valence-corrected chi connectivity index (χ2v) is 7.40. The molecule has 3 aromatic rings. The Morgan fingerprint density at radius 1 is 1.39 bits per heavy atom. The number of rotatable bonds is 3. The summed E-state index contributed by atoms with van der Waals surface area (Å²) < 4.78 is 20.0. The molecule has 0 spiro atoms. The molecule has 0 bridgehead atoms. The maximum absolute atomic E-state index is 14.2. The molecule has 0 fully saturated rings. The number of benzene rings is 1. The summed E-state index contributed by atoms with van der Waals surface area (Å²) in [7, 11) is 0. The summed E-state index contributed by atoms with van der Waals surface area (Å²) in [4.78, 5) is 27.1. The molecule has 1 atom stereocenters. The van der Waals surface area contributed by atoms with Gasteiger partial charge in [-0.2, -0.15) is 0 Å². The number of imidazole rings is 1. The smallest absolute Gasteiger partial charge is 0.258 e. The molecule has 8 nitrogen and oxygen atoms in total. The van der Waals surface area contributed by atoms with Gasteiger partial charge in [-0.25, -0.2) is 14.4 Å².